The minimum absolute atomic E-state index is 0. The molecule has 2 N–H and O–H groups in total. The molecule has 186 valence electrons. The van der Waals surface area contributed by atoms with E-state index in [1.807, 2.05) is 42.5 Å². The molecule has 0 amide bonds. The van der Waals surface area contributed by atoms with E-state index >= 15 is 0 Å². The Bertz CT molecular complexity index is 1040. The van der Waals surface area contributed by atoms with Crippen LogP contribution >= 0.6 is 11.6 Å². The van der Waals surface area contributed by atoms with Gasteiger partial charge in [-0.25, -0.2) is 4.39 Å². The number of halogens is 2. The van der Waals surface area contributed by atoms with Crippen LogP contribution in [0.3, 0.4) is 0 Å². The molecule has 0 aromatic heterocycles. The summed E-state index contributed by atoms with van der Waals surface area (Å²) in [5.74, 6) is -0.290. The molecule has 0 aliphatic carbocycles. The predicted octanol–water partition coefficient (Wildman–Crippen LogP) is 3.55. The van der Waals surface area contributed by atoms with Crippen molar-refractivity contribution in [2.24, 2.45) is 0 Å². The van der Waals surface area contributed by atoms with Crippen LogP contribution in [0.5, 0.6) is 0 Å². The van der Waals surface area contributed by atoms with Crippen molar-refractivity contribution in [3.8, 4) is 0 Å². The monoisotopic (exact) mass is 500 g/mol. The first-order chi connectivity index (χ1) is 15.4. The summed E-state index contributed by atoms with van der Waals surface area (Å²) in [6, 6.07) is 17.8. The predicted molar refractivity (Wildman–Crippen MR) is 145 cm³/mol. The zero-order valence-corrected chi connectivity index (χ0v) is 18.3. The van der Waals surface area contributed by atoms with Crippen molar-refractivity contribution < 1.29 is 28.4 Å². The van der Waals surface area contributed by atoms with Crippen molar-refractivity contribution in [1.82, 2.24) is 0 Å². The van der Waals surface area contributed by atoms with Crippen molar-refractivity contribution >= 4 is 49.1 Å². The third-order valence-corrected chi connectivity index (χ3v) is 5.75. The van der Waals surface area contributed by atoms with Crippen molar-refractivity contribution in [2.75, 3.05) is 0 Å². The molecule has 0 bridgehead atoms. The van der Waals surface area contributed by atoms with Crippen LogP contribution in [0.4, 0.5) is 4.39 Å². The molecule has 3 aliphatic rings. The van der Waals surface area contributed by atoms with Gasteiger partial charge in [-0.3, -0.25) is 0 Å². The summed E-state index contributed by atoms with van der Waals surface area (Å²) in [5, 5.41) is 19.1. The zero-order valence-electron chi connectivity index (χ0n) is 17.5. The van der Waals surface area contributed by atoms with Gasteiger partial charge in [0.05, 0.1) is 19.8 Å². The number of fused-ring (bicyclic) bond motifs is 3. The largest absolute Gasteiger partial charge is 0.491 e. The fourth-order valence-corrected chi connectivity index (χ4v) is 3.96. The van der Waals surface area contributed by atoms with Gasteiger partial charge in [0.2, 0.25) is 0 Å². The summed E-state index contributed by atoms with van der Waals surface area (Å²) in [5.41, 5.74) is 5.90. The first-order valence-corrected chi connectivity index (χ1v) is 10.7. The van der Waals surface area contributed by atoms with Crippen LogP contribution < -0.4 is 16.4 Å². The lowest BCUT2D eigenvalue weighted by Crippen LogP contribution is -2.27. The highest BCUT2D eigenvalue weighted by Crippen LogP contribution is 2.15. The number of hydrogen-bond donors (Lipinski definition) is 2. The van der Waals surface area contributed by atoms with Gasteiger partial charge in [0.15, 0.2) is 0 Å². The summed E-state index contributed by atoms with van der Waals surface area (Å²) in [6.45, 7) is 3.84. The maximum atomic E-state index is 12.6. The average Bonchev–Trinajstić information content (AvgIpc) is 3.47. The standard InChI is InChI=1S/C8H8BClO.C7H6BFO2.C7H7BO2.3CH4/c1-9-8-3-2-7(10)4-6(8)5-11-9;9-6-1-2-7-5(3-6)4-11-8(7)10;9-8-7-4-2-1-3-6(7)5-10-8;;;/h2-4H,5H2,1H3;1-3,10H,4H2;1-4,9H,5H2;3*1H4. The average molecular weight is 500 g/mol. The molecular weight excluding hydrogens is 467 g/mol. The molecule has 0 saturated heterocycles. The summed E-state index contributed by atoms with van der Waals surface area (Å²) >= 11 is 5.82. The lowest BCUT2D eigenvalue weighted by molar-refractivity contribution is 0.275. The smallest absolute Gasteiger partial charge is 0.427 e. The third-order valence-electron chi connectivity index (χ3n) is 5.52. The molecule has 0 atom stereocenters. The Kier molecular flexibility index (Phi) is 12.2. The Balaban J connectivity index is 0.000000252. The van der Waals surface area contributed by atoms with Gasteiger partial charge in [-0.1, -0.05) is 77.1 Å². The van der Waals surface area contributed by atoms with Gasteiger partial charge in [0, 0.05) is 5.02 Å². The molecule has 0 spiro atoms. The molecule has 0 fully saturated rings. The molecule has 0 saturated carbocycles. The molecule has 3 heterocycles. The topological polar surface area (TPSA) is 68.2 Å². The summed E-state index contributed by atoms with van der Waals surface area (Å²) in [6.07, 6.45) is 0. The van der Waals surface area contributed by atoms with Crippen LogP contribution in [-0.2, 0) is 33.8 Å². The van der Waals surface area contributed by atoms with E-state index < -0.39 is 14.2 Å². The van der Waals surface area contributed by atoms with Crippen LogP contribution in [-0.4, -0.2) is 31.2 Å². The molecule has 3 aliphatic heterocycles. The maximum Gasteiger partial charge on any atom is 0.491 e. The Hall–Kier alpha value is -2.13. The summed E-state index contributed by atoms with van der Waals surface area (Å²) in [7, 11) is -1.57. The molecule has 0 unspecified atom stereocenters. The summed E-state index contributed by atoms with van der Waals surface area (Å²) < 4.78 is 27.8. The highest BCUT2D eigenvalue weighted by Gasteiger charge is 2.27. The maximum absolute atomic E-state index is 12.6. The van der Waals surface area contributed by atoms with Gasteiger partial charge >= 0.3 is 21.2 Å². The molecule has 5 nitrogen and oxygen atoms in total. The van der Waals surface area contributed by atoms with Gasteiger partial charge in [0.25, 0.3) is 0 Å². The normalized spacial score (nSPS) is 14.0. The van der Waals surface area contributed by atoms with E-state index in [1.54, 1.807) is 6.07 Å². The van der Waals surface area contributed by atoms with Crippen LogP contribution in [0, 0.1) is 5.82 Å². The first-order valence-electron chi connectivity index (χ1n) is 10.3. The number of rotatable bonds is 0. The van der Waals surface area contributed by atoms with Crippen molar-refractivity contribution in [1.29, 1.82) is 0 Å². The van der Waals surface area contributed by atoms with Crippen molar-refractivity contribution in [3.05, 3.63) is 88.2 Å². The van der Waals surface area contributed by atoms with Crippen LogP contribution in [0.25, 0.3) is 0 Å². The van der Waals surface area contributed by atoms with E-state index in [9.17, 15) is 4.39 Å². The molecule has 35 heavy (non-hydrogen) atoms. The second-order valence-electron chi connectivity index (χ2n) is 7.67. The molecule has 6 rings (SSSR count). The quantitative estimate of drug-likeness (QED) is 0.463. The van der Waals surface area contributed by atoms with Gasteiger partial charge in [0.1, 0.15) is 5.82 Å². The van der Waals surface area contributed by atoms with Gasteiger partial charge < -0.3 is 24.0 Å². The van der Waals surface area contributed by atoms with Crippen LogP contribution in [0.2, 0.25) is 11.8 Å². The van der Waals surface area contributed by atoms with Gasteiger partial charge in [-0.05, 0) is 57.3 Å². The van der Waals surface area contributed by atoms with E-state index in [1.165, 1.54) is 23.2 Å². The minimum Gasteiger partial charge on any atom is -0.427 e. The minimum atomic E-state index is -0.870. The Morgan fingerprint density at radius 3 is 1.94 bits per heavy atom. The van der Waals surface area contributed by atoms with E-state index in [-0.39, 0.29) is 35.0 Å². The molecule has 0 radical (unpaired) electrons. The number of hydrogen-bond acceptors (Lipinski definition) is 5. The van der Waals surface area contributed by atoms with Crippen molar-refractivity contribution in [2.45, 2.75) is 48.9 Å². The number of benzene rings is 3. The highest BCUT2D eigenvalue weighted by atomic mass is 35.5. The Morgan fingerprint density at radius 1 is 0.714 bits per heavy atom. The molecule has 10 heteroatoms. The fraction of sp³-hybridized carbons (Fsp3) is 0.280. The van der Waals surface area contributed by atoms with E-state index in [0.717, 1.165) is 21.6 Å². The van der Waals surface area contributed by atoms with E-state index in [2.05, 4.69) is 6.82 Å². The Morgan fingerprint density at radius 2 is 1.26 bits per heavy atom. The van der Waals surface area contributed by atoms with Crippen LogP contribution in [0.1, 0.15) is 39.0 Å². The van der Waals surface area contributed by atoms with Crippen molar-refractivity contribution in [3.63, 3.8) is 0 Å². The van der Waals surface area contributed by atoms with E-state index in [0.29, 0.717) is 25.3 Å². The first kappa shape index (κ1) is 30.9. The molecular formula is C25H33B3ClFO5. The van der Waals surface area contributed by atoms with E-state index in [4.69, 9.17) is 35.6 Å². The molecule has 3 aromatic rings. The van der Waals surface area contributed by atoms with Gasteiger partial charge in [-0.15, -0.1) is 0 Å². The Labute approximate surface area is 214 Å². The second-order valence-corrected chi connectivity index (χ2v) is 8.10. The second kappa shape index (κ2) is 13.8. The lowest BCUT2D eigenvalue weighted by atomic mass is 9.64. The third kappa shape index (κ3) is 7.43. The summed E-state index contributed by atoms with van der Waals surface area (Å²) in [4.78, 5) is 0. The lowest BCUT2D eigenvalue weighted by Gasteiger charge is -1.97. The fourth-order valence-electron chi connectivity index (χ4n) is 3.76. The highest BCUT2D eigenvalue weighted by molar-refractivity contribution is 6.67. The zero-order chi connectivity index (χ0) is 22.7. The SMILES string of the molecule is C.C.C.CB1OCc2cc(Cl)ccc21.OB1OCc2cc(F)ccc21.OB1OCc2ccccc21. The van der Waals surface area contributed by atoms with Crippen LogP contribution in [0.15, 0.2) is 60.7 Å². The molecule has 3 aromatic carbocycles. The van der Waals surface area contributed by atoms with Gasteiger partial charge in [-0.2, -0.15) is 0 Å².